The van der Waals surface area contributed by atoms with E-state index in [0.717, 1.165) is 51.1 Å². The molecule has 3 aliphatic heterocycles. The Morgan fingerprint density at radius 2 is 1.78 bits per heavy atom. The molecular weight excluding hydrogens is 570 g/mol. The molecular formula is C34H43N7O4. The minimum atomic E-state index is -0.277. The number of rotatable bonds is 9. The van der Waals surface area contributed by atoms with Crippen molar-refractivity contribution in [2.45, 2.75) is 57.4 Å². The number of piperidine rings is 1. The summed E-state index contributed by atoms with van der Waals surface area (Å²) in [6, 6.07) is 16.6. The number of nitrogens with zero attached hydrogens (tertiary/aromatic N) is 5. The highest BCUT2D eigenvalue weighted by atomic mass is 16.7. The normalized spacial score (nSPS) is 22.7. The zero-order valence-corrected chi connectivity index (χ0v) is 26.3. The average Bonchev–Trinajstić information content (AvgIpc) is 3.55. The first-order valence-corrected chi connectivity index (χ1v) is 15.8. The number of carbonyl (C=O) groups is 1. The summed E-state index contributed by atoms with van der Waals surface area (Å²) in [6.45, 7) is 12.2. The van der Waals surface area contributed by atoms with Crippen LogP contribution in [0.3, 0.4) is 0 Å². The molecule has 0 bridgehead atoms. The molecule has 0 spiro atoms. The van der Waals surface area contributed by atoms with Gasteiger partial charge in [-0.05, 0) is 44.4 Å². The molecule has 1 aromatic heterocycles. The molecule has 6 rings (SSSR count). The second kappa shape index (κ2) is 13.8. The Morgan fingerprint density at radius 1 is 1.02 bits per heavy atom. The SMILES string of the molecule is C=CC(=O)Nc1cc(Nc2cc(N3OCCC3c3ccccc3)ncn2)c(OC)cc1N1CCC(N2C[C@@H](C)O[C@@H](C)C2)CC1. The second-order valence-electron chi connectivity index (χ2n) is 12.0. The average molecular weight is 614 g/mol. The number of aromatic nitrogens is 2. The minimum Gasteiger partial charge on any atom is -0.494 e. The van der Waals surface area contributed by atoms with Crippen molar-refractivity contribution >= 4 is 34.6 Å². The number of methoxy groups -OCH3 is 1. The third-order valence-corrected chi connectivity index (χ3v) is 8.76. The molecule has 3 fully saturated rings. The maximum atomic E-state index is 12.5. The number of hydrogen-bond donors (Lipinski definition) is 2. The van der Waals surface area contributed by atoms with Crippen molar-refractivity contribution in [2.75, 3.05) is 60.5 Å². The van der Waals surface area contributed by atoms with E-state index in [1.807, 2.05) is 41.5 Å². The molecule has 3 saturated heterocycles. The van der Waals surface area contributed by atoms with E-state index >= 15 is 0 Å². The van der Waals surface area contributed by atoms with Crippen LogP contribution in [0.25, 0.3) is 0 Å². The van der Waals surface area contributed by atoms with Gasteiger partial charge in [-0.2, -0.15) is 0 Å². The fourth-order valence-corrected chi connectivity index (χ4v) is 6.72. The van der Waals surface area contributed by atoms with E-state index in [-0.39, 0.29) is 24.2 Å². The molecule has 11 heteroatoms. The number of carbonyl (C=O) groups excluding carboxylic acids is 1. The summed E-state index contributed by atoms with van der Waals surface area (Å²) < 4.78 is 11.8. The van der Waals surface area contributed by atoms with Gasteiger partial charge in [-0.3, -0.25) is 14.5 Å². The van der Waals surface area contributed by atoms with E-state index in [9.17, 15) is 4.79 Å². The number of benzene rings is 2. The van der Waals surface area contributed by atoms with E-state index in [1.54, 1.807) is 7.11 Å². The van der Waals surface area contributed by atoms with Crippen LogP contribution in [0.1, 0.15) is 44.7 Å². The van der Waals surface area contributed by atoms with Gasteiger partial charge in [-0.1, -0.05) is 36.9 Å². The maximum Gasteiger partial charge on any atom is 0.247 e. The van der Waals surface area contributed by atoms with Gasteiger partial charge in [0.25, 0.3) is 0 Å². The molecule has 0 saturated carbocycles. The molecule has 238 valence electrons. The molecule has 2 N–H and O–H groups in total. The van der Waals surface area contributed by atoms with Gasteiger partial charge >= 0.3 is 0 Å². The molecule has 3 aliphatic rings. The van der Waals surface area contributed by atoms with Crippen molar-refractivity contribution in [1.29, 1.82) is 0 Å². The molecule has 1 unspecified atom stereocenters. The summed E-state index contributed by atoms with van der Waals surface area (Å²) in [7, 11) is 1.65. The molecule has 0 aliphatic carbocycles. The first kappa shape index (κ1) is 30.8. The standard InChI is InChI=1S/C34H43N7O4/c1-5-34(42)38-27-17-28(37-32-19-33(36-22-35-32)41-29(13-16-44-41)25-9-7-6-8-10-25)31(43-4)18-30(27)39-14-11-26(12-15-39)40-20-23(2)45-24(3)21-40/h5-10,17-19,22-24,26,29H,1,11-16,20-21H2,2-4H3,(H,38,42)(H,35,36,37)/t23-,24+,29?. The predicted molar refractivity (Wildman–Crippen MR) is 176 cm³/mol. The van der Waals surface area contributed by atoms with Crippen molar-refractivity contribution in [3.63, 3.8) is 0 Å². The Kier molecular flexibility index (Phi) is 9.48. The quantitative estimate of drug-likeness (QED) is 0.309. The summed E-state index contributed by atoms with van der Waals surface area (Å²) in [5.74, 6) is 1.59. The van der Waals surface area contributed by atoms with Gasteiger partial charge in [0, 0.05) is 50.8 Å². The summed E-state index contributed by atoms with van der Waals surface area (Å²) in [5, 5.41) is 8.26. The molecule has 0 radical (unpaired) electrons. The fraction of sp³-hybridized carbons (Fsp3) is 0.441. The lowest BCUT2D eigenvalue weighted by Crippen LogP contribution is -2.53. The molecule has 1 amide bonds. The fourth-order valence-electron chi connectivity index (χ4n) is 6.72. The van der Waals surface area contributed by atoms with Gasteiger partial charge < -0.3 is 25.0 Å². The Labute approximate surface area is 265 Å². The van der Waals surface area contributed by atoms with Gasteiger partial charge in [0.05, 0.1) is 49.0 Å². The smallest absolute Gasteiger partial charge is 0.247 e. The van der Waals surface area contributed by atoms with Crippen molar-refractivity contribution in [1.82, 2.24) is 14.9 Å². The Hall–Kier alpha value is -4.19. The maximum absolute atomic E-state index is 12.5. The predicted octanol–water partition coefficient (Wildman–Crippen LogP) is 5.31. The largest absolute Gasteiger partial charge is 0.494 e. The van der Waals surface area contributed by atoms with Crippen LogP contribution in [0.5, 0.6) is 5.75 Å². The molecule has 4 heterocycles. The number of hydroxylamine groups is 1. The number of anilines is 5. The lowest BCUT2D eigenvalue weighted by atomic mass is 10.00. The van der Waals surface area contributed by atoms with Gasteiger partial charge in [0.1, 0.15) is 17.9 Å². The van der Waals surface area contributed by atoms with Crippen LogP contribution in [0.2, 0.25) is 0 Å². The minimum absolute atomic E-state index is 0.0580. The second-order valence-corrected chi connectivity index (χ2v) is 12.0. The lowest BCUT2D eigenvalue weighted by Gasteiger charge is -2.44. The van der Waals surface area contributed by atoms with Crippen LogP contribution in [-0.4, -0.2) is 78.9 Å². The molecule has 3 aromatic rings. The zero-order chi connectivity index (χ0) is 31.3. The summed E-state index contributed by atoms with van der Waals surface area (Å²) in [5.41, 5.74) is 3.42. The Balaban J connectivity index is 1.22. The zero-order valence-electron chi connectivity index (χ0n) is 26.3. The van der Waals surface area contributed by atoms with Crippen molar-refractivity contribution < 1.29 is 19.1 Å². The van der Waals surface area contributed by atoms with Crippen LogP contribution in [-0.2, 0) is 14.4 Å². The van der Waals surface area contributed by atoms with E-state index in [0.29, 0.717) is 41.4 Å². The molecule has 45 heavy (non-hydrogen) atoms. The van der Waals surface area contributed by atoms with Crippen LogP contribution < -0.4 is 25.3 Å². The third kappa shape index (κ3) is 7.06. The Bertz CT molecular complexity index is 1470. The molecule has 2 aromatic carbocycles. The summed E-state index contributed by atoms with van der Waals surface area (Å²) in [6.07, 6.45) is 6.21. The number of ether oxygens (including phenoxy) is 2. The molecule has 11 nitrogen and oxygen atoms in total. The number of hydrogen-bond acceptors (Lipinski definition) is 10. The van der Waals surface area contributed by atoms with Crippen molar-refractivity contribution in [3.8, 4) is 5.75 Å². The van der Waals surface area contributed by atoms with E-state index in [2.05, 4.69) is 63.0 Å². The van der Waals surface area contributed by atoms with Crippen LogP contribution in [0.4, 0.5) is 28.7 Å². The number of nitrogens with one attached hydrogen (secondary N) is 2. The topological polar surface area (TPSA) is 104 Å². The van der Waals surface area contributed by atoms with Gasteiger partial charge in [-0.15, -0.1) is 0 Å². The monoisotopic (exact) mass is 613 g/mol. The van der Waals surface area contributed by atoms with E-state index in [1.165, 1.54) is 18.0 Å². The lowest BCUT2D eigenvalue weighted by molar-refractivity contribution is -0.111. The number of morpholine rings is 1. The van der Waals surface area contributed by atoms with Gasteiger partial charge in [0.2, 0.25) is 5.91 Å². The third-order valence-electron chi connectivity index (χ3n) is 8.76. The summed E-state index contributed by atoms with van der Waals surface area (Å²) >= 11 is 0. The first-order valence-electron chi connectivity index (χ1n) is 15.8. The number of amides is 1. The molecule has 3 atom stereocenters. The van der Waals surface area contributed by atoms with Gasteiger partial charge in [-0.25, -0.2) is 15.0 Å². The van der Waals surface area contributed by atoms with Crippen LogP contribution in [0, 0.1) is 0 Å². The van der Waals surface area contributed by atoms with Crippen molar-refractivity contribution in [2.24, 2.45) is 0 Å². The van der Waals surface area contributed by atoms with Crippen LogP contribution >= 0.6 is 0 Å². The highest BCUT2D eigenvalue weighted by Gasteiger charge is 2.32. The van der Waals surface area contributed by atoms with E-state index < -0.39 is 0 Å². The summed E-state index contributed by atoms with van der Waals surface area (Å²) in [4.78, 5) is 32.4. The Morgan fingerprint density at radius 3 is 2.49 bits per heavy atom. The first-order chi connectivity index (χ1) is 21.9. The van der Waals surface area contributed by atoms with Crippen molar-refractivity contribution in [3.05, 3.63) is 73.1 Å². The highest BCUT2D eigenvalue weighted by molar-refractivity contribution is 6.02. The van der Waals surface area contributed by atoms with Gasteiger partial charge in [0.15, 0.2) is 5.82 Å². The van der Waals surface area contributed by atoms with Crippen LogP contribution in [0.15, 0.2) is 67.5 Å². The highest BCUT2D eigenvalue weighted by Crippen LogP contribution is 2.40. The van der Waals surface area contributed by atoms with E-state index in [4.69, 9.17) is 14.3 Å².